The van der Waals surface area contributed by atoms with Gasteiger partial charge in [-0.25, -0.2) is 4.79 Å². The van der Waals surface area contributed by atoms with Crippen LogP contribution in [-0.2, 0) is 14.5 Å². The summed E-state index contributed by atoms with van der Waals surface area (Å²) in [7, 11) is 4.41. The van der Waals surface area contributed by atoms with E-state index in [9.17, 15) is 4.79 Å². The summed E-state index contributed by atoms with van der Waals surface area (Å²) in [6, 6.07) is 3.01. The van der Waals surface area contributed by atoms with Gasteiger partial charge in [0.1, 0.15) is 17.9 Å². The van der Waals surface area contributed by atoms with Gasteiger partial charge in [0, 0.05) is 18.7 Å². The first-order chi connectivity index (χ1) is 10.7. The third kappa shape index (κ3) is 5.09. The maximum Gasteiger partial charge on any atom is 0.376 e. The van der Waals surface area contributed by atoms with Gasteiger partial charge in [-0.2, -0.15) is 4.89 Å². The van der Waals surface area contributed by atoms with E-state index in [1.54, 1.807) is 6.07 Å². The van der Waals surface area contributed by atoms with Gasteiger partial charge in [0.25, 0.3) is 0 Å². The molecule has 0 fully saturated rings. The summed E-state index contributed by atoms with van der Waals surface area (Å²) >= 11 is 0. The second-order valence-electron chi connectivity index (χ2n) is 4.21. The van der Waals surface area contributed by atoms with Crippen LogP contribution in [0.2, 0.25) is 0 Å². The van der Waals surface area contributed by atoms with Crippen molar-refractivity contribution in [2.24, 2.45) is 0 Å². The second kappa shape index (κ2) is 9.86. The molecule has 1 rings (SSSR count). The smallest absolute Gasteiger partial charge is 0.376 e. The Labute approximate surface area is 129 Å². The third-order valence-corrected chi connectivity index (χ3v) is 2.72. The zero-order valence-corrected chi connectivity index (χ0v) is 13.3. The van der Waals surface area contributed by atoms with Crippen LogP contribution in [0, 0.1) is 0 Å². The summed E-state index contributed by atoms with van der Waals surface area (Å²) in [4.78, 5) is 21.6. The lowest BCUT2D eigenvalue weighted by Gasteiger charge is -2.13. The van der Waals surface area contributed by atoms with Crippen LogP contribution in [0.1, 0.15) is 23.7 Å². The average Bonchev–Trinajstić information content (AvgIpc) is 2.56. The van der Waals surface area contributed by atoms with Crippen LogP contribution >= 0.6 is 0 Å². The van der Waals surface area contributed by atoms with Crippen LogP contribution in [0.3, 0.4) is 0 Å². The Morgan fingerprint density at radius 2 is 1.55 bits per heavy atom. The lowest BCUT2D eigenvalue weighted by molar-refractivity contribution is -0.247. The van der Waals surface area contributed by atoms with Crippen LogP contribution in [0.15, 0.2) is 12.1 Å². The van der Waals surface area contributed by atoms with Crippen LogP contribution in [0.25, 0.3) is 0 Å². The maximum absolute atomic E-state index is 12.0. The molecule has 0 radical (unpaired) electrons. The minimum absolute atomic E-state index is 0.154. The third-order valence-electron chi connectivity index (χ3n) is 2.72. The largest absolute Gasteiger partial charge is 0.496 e. The number of ether oxygens (including phenoxy) is 4. The fourth-order valence-electron chi connectivity index (χ4n) is 1.67. The molecule has 1 aromatic rings. The van der Waals surface area contributed by atoms with Gasteiger partial charge in [0.05, 0.1) is 27.9 Å². The number of rotatable bonds is 10. The summed E-state index contributed by atoms with van der Waals surface area (Å²) in [6.07, 6.45) is 0.919. The molecule has 0 spiro atoms. The molecule has 0 aliphatic rings. The Balaban J connectivity index is 2.67. The first-order valence-electron chi connectivity index (χ1n) is 6.89. The predicted molar refractivity (Wildman–Crippen MR) is 78.6 cm³/mol. The Morgan fingerprint density at radius 3 is 2.14 bits per heavy atom. The van der Waals surface area contributed by atoms with Crippen molar-refractivity contribution in [2.45, 2.75) is 13.3 Å². The van der Waals surface area contributed by atoms with Crippen molar-refractivity contribution in [1.29, 1.82) is 0 Å². The van der Waals surface area contributed by atoms with Gasteiger partial charge < -0.3 is 18.9 Å². The van der Waals surface area contributed by atoms with E-state index in [1.807, 2.05) is 6.92 Å². The molecular formula is C15H22O7. The molecule has 0 N–H and O–H groups in total. The topological polar surface area (TPSA) is 72.5 Å². The highest BCUT2D eigenvalue weighted by atomic mass is 17.2. The SMILES string of the molecule is CCCOCCOOC(=O)c1cc(OC)c(OC)cc1OC. The number of hydrogen-bond donors (Lipinski definition) is 0. The van der Waals surface area contributed by atoms with Crippen molar-refractivity contribution in [3.05, 3.63) is 17.7 Å². The molecule has 0 aliphatic heterocycles. The molecule has 7 nitrogen and oxygen atoms in total. The van der Waals surface area contributed by atoms with E-state index in [-0.39, 0.29) is 12.2 Å². The highest BCUT2D eigenvalue weighted by molar-refractivity contribution is 5.93. The van der Waals surface area contributed by atoms with E-state index in [0.717, 1.165) is 6.42 Å². The van der Waals surface area contributed by atoms with E-state index in [4.69, 9.17) is 28.7 Å². The summed E-state index contributed by atoms with van der Waals surface area (Å²) in [6.45, 7) is 3.15. The van der Waals surface area contributed by atoms with Crippen molar-refractivity contribution in [3.63, 3.8) is 0 Å². The van der Waals surface area contributed by atoms with E-state index in [2.05, 4.69) is 0 Å². The van der Waals surface area contributed by atoms with E-state index < -0.39 is 5.97 Å². The van der Waals surface area contributed by atoms with Crippen molar-refractivity contribution in [2.75, 3.05) is 41.2 Å². The summed E-state index contributed by atoms with van der Waals surface area (Å²) in [5.41, 5.74) is 0.176. The maximum atomic E-state index is 12.0. The van der Waals surface area contributed by atoms with E-state index in [0.29, 0.717) is 30.5 Å². The molecule has 124 valence electrons. The Morgan fingerprint density at radius 1 is 0.909 bits per heavy atom. The molecule has 0 saturated heterocycles. The average molecular weight is 314 g/mol. The molecule has 0 heterocycles. The number of benzene rings is 1. The lowest BCUT2D eigenvalue weighted by Crippen LogP contribution is -2.12. The summed E-state index contributed by atoms with van der Waals surface area (Å²) < 4.78 is 20.6. The molecule has 7 heteroatoms. The molecule has 0 atom stereocenters. The van der Waals surface area contributed by atoms with Gasteiger partial charge in [-0.3, -0.25) is 4.89 Å². The molecule has 0 aliphatic carbocycles. The summed E-state index contributed by atoms with van der Waals surface area (Å²) in [5, 5.41) is 0. The zero-order chi connectivity index (χ0) is 16.4. The predicted octanol–water partition coefficient (Wildman–Crippen LogP) is 2.23. The van der Waals surface area contributed by atoms with E-state index in [1.165, 1.54) is 27.4 Å². The molecular weight excluding hydrogens is 292 g/mol. The number of carbonyl (C=O) groups excluding carboxylic acids is 1. The molecule has 0 aromatic heterocycles. The summed E-state index contributed by atoms with van der Waals surface area (Å²) in [5.74, 6) is 0.452. The molecule has 0 amide bonds. The van der Waals surface area contributed by atoms with Crippen LogP contribution < -0.4 is 14.2 Å². The Bertz CT molecular complexity index is 473. The Hall–Kier alpha value is -1.99. The van der Waals surface area contributed by atoms with Crippen LogP contribution in [0.4, 0.5) is 0 Å². The molecule has 0 bridgehead atoms. The van der Waals surface area contributed by atoms with E-state index >= 15 is 0 Å². The van der Waals surface area contributed by atoms with Crippen molar-refractivity contribution >= 4 is 5.97 Å². The van der Waals surface area contributed by atoms with Gasteiger partial charge in [-0.1, -0.05) is 6.92 Å². The quantitative estimate of drug-likeness (QED) is 0.372. The van der Waals surface area contributed by atoms with Crippen molar-refractivity contribution in [3.8, 4) is 17.2 Å². The minimum Gasteiger partial charge on any atom is -0.496 e. The standard InChI is InChI=1S/C15H22O7/c1-5-6-20-7-8-21-22-15(16)11-9-13(18-3)14(19-4)10-12(11)17-2/h9-10H,5-8H2,1-4H3. The van der Waals surface area contributed by atoms with Gasteiger partial charge in [-0.15, -0.1) is 0 Å². The number of hydrogen-bond acceptors (Lipinski definition) is 7. The first-order valence-corrected chi connectivity index (χ1v) is 6.89. The fourth-order valence-corrected chi connectivity index (χ4v) is 1.67. The van der Waals surface area contributed by atoms with Gasteiger partial charge in [0.15, 0.2) is 11.5 Å². The number of carbonyl (C=O) groups is 1. The minimum atomic E-state index is -0.687. The lowest BCUT2D eigenvalue weighted by atomic mass is 10.1. The normalized spacial score (nSPS) is 10.2. The second-order valence-corrected chi connectivity index (χ2v) is 4.21. The first kappa shape index (κ1) is 18.1. The number of methoxy groups -OCH3 is 3. The van der Waals surface area contributed by atoms with Gasteiger partial charge >= 0.3 is 5.97 Å². The Kier molecular flexibility index (Phi) is 8.09. The van der Waals surface area contributed by atoms with Gasteiger partial charge in [-0.05, 0) is 6.42 Å². The van der Waals surface area contributed by atoms with Crippen LogP contribution in [0.5, 0.6) is 17.2 Å². The zero-order valence-electron chi connectivity index (χ0n) is 13.3. The highest BCUT2D eigenvalue weighted by Crippen LogP contribution is 2.34. The molecule has 22 heavy (non-hydrogen) atoms. The van der Waals surface area contributed by atoms with Crippen molar-refractivity contribution < 1.29 is 33.5 Å². The van der Waals surface area contributed by atoms with Gasteiger partial charge in [0.2, 0.25) is 0 Å². The monoisotopic (exact) mass is 314 g/mol. The van der Waals surface area contributed by atoms with Crippen LogP contribution in [-0.4, -0.2) is 47.1 Å². The molecule has 0 saturated carbocycles. The molecule has 0 unspecified atom stereocenters. The van der Waals surface area contributed by atoms with Crippen molar-refractivity contribution in [1.82, 2.24) is 0 Å². The molecule has 1 aromatic carbocycles. The fraction of sp³-hybridized carbons (Fsp3) is 0.533. The highest BCUT2D eigenvalue weighted by Gasteiger charge is 2.19.